The molecule has 0 unspecified atom stereocenters. The number of rotatable bonds is 9. The second-order valence-corrected chi connectivity index (χ2v) is 3.98. The van der Waals surface area contributed by atoms with Gasteiger partial charge in [-0.15, -0.1) is 11.6 Å². The van der Waals surface area contributed by atoms with Crippen molar-refractivity contribution in [2.75, 3.05) is 32.2 Å². The summed E-state index contributed by atoms with van der Waals surface area (Å²) in [5.74, 6) is 0.738. The van der Waals surface area contributed by atoms with Gasteiger partial charge in [0, 0.05) is 25.6 Å². The molecule has 0 aliphatic rings. The predicted octanol–water partition coefficient (Wildman–Crippen LogP) is 2.66. The molecule has 0 rings (SSSR count). The number of nitrogens with one attached hydrogen (secondary N) is 1. The first-order valence-electron chi connectivity index (χ1n) is 5.59. The number of hydrogen-bond acceptors (Lipinski definition) is 2. The predicted molar refractivity (Wildman–Crippen MR) is 63.1 cm³/mol. The lowest BCUT2D eigenvalue weighted by Gasteiger charge is -2.29. The summed E-state index contributed by atoms with van der Waals surface area (Å²) >= 11 is 5.99. The molecule has 0 radical (unpaired) electrons. The number of ether oxygens (including phenoxy) is 1. The molecule has 14 heavy (non-hydrogen) atoms. The maximum Gasteiger partial charge on any atom is 0.0590 e. The molecule has 0 spiro atoms. The molecule has 0 aliphatic heterocycles. The van der Waals surface area contributed by atoms with Gasteiger partial charge in [0.05, 0.1) is 6.61 Å². The van der Waals surface area contributed by atoms with Crippen LogP contribution in [0.3, 0.4) is 0 Å². The van der Waals surface area contributed by atoms with Gasteiger partial charge in [0.1, 0.15) is 0 Å². The fraction of sp³-hybridized carbons (Fsp3) is 1.00. The monoisotopic (exact) mass is 221 g/mol. The summed E-state index contributed by atoms with van der Waals surface area (Å²) in [5, 5.41) is 3.40. The van der Waals surface area contributed by atoms with Crippen molar-refractivity contribution in [1.29, 1.82) is 0 Å². The number of hydrogen-bond donors (Lipinski definition) is 1. The van der Waals surface area contributed by atoms with Crippen LogP contribution in [0, 0.1) is 5.41 Å². The van der Waals surface area contributed by atoms with Crippen molar-refractivity contribution in [2.45, 2.75) is 33.6 Å². The minimum atomic E-state index is 0.272. The number of halogens is 1. The van der Waals surface area contributed by atoms with E-state index in [9.17, 15) is 0 Å². The van der Waals surface area contributed by atoms with Gasteiger partial charge in [-0.1, -0.05) is 13.8 Å². The molecule has 0 heterocycles. The Labute approximate surface area is 93.4 Å². The van der Waals surface area contributed by atoms with Crippen molar-refractivity contribution in [3.8, 4) is 0 Å². The summed E-state index contributed by atoms with van der Waals surface area (Å²) in [6, 6.07) is 0. The maximum absolute atomic E-state index is 5.99. The second kappa shape index (κ2) is 8.51. The van der Waals surface area contributed by atoms with E-state index in [-0.39, 0.29) is 5.41 Å². The minimum absolute atomic E-state index is 0.272. The molecule has 3 heteroatoms. The third-order valence-electron chi connectivity index (χ3n) is 2.91. The summed E-state index contributed by atoms with van der Waals surface area (Å²) in [6.07, 6.45) is 2.27. The average Bonchev–Trinajstić information content (AvgIpc) is 2.24. The van der Waals surface area contributed by atoms with E-state index in [1.54, 1.807) is 0 Å². The molecule has 0 amide bonds. The Bertz CT molecular complexity index is 118. The average molecular weight is 222 g/mol. The summed E-state index contributed by atoms with van der Waals surface area (Å²) in [7, 11) is 0. The van der Waals surface area contributed by atoms with E-state index >= 15 is 0 Å². The van der Waals surface area contributed by atoms with Crippen molar-refractivity contribution in [1.82, 2.24) is 5.32 Å². The lowest BCUT2D eigenvalue weighted by atomic mass is 9.84. The van der Waals surface area contributed by atoms with Crippen molar-refractivity contribution in [3.05, 3.63) is 0 Å². The molecule has 0 bridgehead atoms. The molecular weight excluding hydrogens is 198 g/mol. The zero-order valence-corrected chi connectivity index (χ0v) is 10.5. The van der Waals surface area contributed by atoms with E-state index in [4.69, 9.17) is 16.3 Å². The summed E-state index contributed by atoms with van der Waals surface area (Å²) in [4.78, 5) is 0. The largest absolute Gasteiger partial charge is 0.380 e. The third-order valence-corrected chi connectivity index (χ3v) is 3.48. The molecule has 0 saturated heterocycles. The molecular formula is C11H24ClNO. The van der Waals surface area contributed by atoms with Gasteiger partial charge in [0.15, 0.2) is 0 Å². The fourth-order valence-electron chi connectivity index (χ4n) is 1.38. The van der Waals surface area contributed by atoms with Crippen LogP contribution in [0.1, 0.15) is 33.6 Å². The van der Waals surface area contributed by atoms with Crippen LogP contribution in [0.25, 0.3) is 0 Å². The molecule has 0 aromatic rings. The van der Waals surface area contributed by atoms with Crippen molar-refractivity contribution < 1.29 is 4.74 Å². The zero-order valence-electron chi connectivity index (χ0n) is 9.74. The Hall–Kier alpha value is 0.210. The van der Waals surface area contributed by atoms with E-state index in [0.29, 0.717) is 0 Å². The van der Waals surface area contributed by atoms with Crippen LogP contribution in [0.5, 0.6) is 0 Å². The van der Waals surface area contributed by atoms with Gasteiger partial charge in [-0.3, -0.25) is 0 Å². The third kappa shape index (κ3) is 5.18. The van der Waals surface area contributed by atoms with E-state index < -0.39 is 0 Å². The van der Waals surface area contributed by atoms with Crippen LogP contribution in [-0.2, 0) is 4.74 Å². The lowest BCUT2D eigenvalue weighted by molar-refractivity contribution is 0.145. The molecule has 0 aromatic carbocycles. The molecule has 1 N–H and O–H groups in total. The molecule has 0 aromatic heterocycles. The Morgan fingerprint density at radius 1 is 1.21 bits per heavy atom. The second-order valence-electron chi connectivity index (χ2n) is 3.71. The van der Waals surface area contributed by atoms with Gasteiger partial charge in [0.25, 0.3) is 0 Å². The van der Waals surface area contributed by atoms with Crippen LogP contribution >= 0.6 is 11.6 Å². The first-order valence-corrected chi connectivity index (χ1v) is 6.12. The summed E-state index contributed by atoms with van der Waals surface area (Å²) < 4.78 is 5.25. The van der Waals surface area contributed by atoms with E-state index in [1.807, 2.05) is 6.92 Å². The van der Waals surface area contributed by atoms with Crippen LogP contribution in [0.2, 0.25) is 0 Å². The van der Waals surface area contributed by atoms with E-state index in [0.717, 1.165) is 45.0 Å². The van der Waals surface area contributed by atoms with Gasteiger partial charge in [-0.05, 0) is 25.2 Å². The van der Waals surface area contributed by atoms with Gasteiger partial charge in [0.2, 0.25) is 0 Å². The summed E-state index contributed by atoms with van der Waals surface area (Å²) in [6.45, 7) is 9.93. The van der Waals surface area contributed by atoms with Gasteiger partial charge in [-0.25, -0.2) is 0 Å². The zero-order chi connectivity index (χ0) is 10.9. The van der Waals surface area contributed by atoms with Gasteiger partial charge in [-0.2, -0.15) is 0 Å². The van der Waals surface area contributed by atoms with Crippen LogP contribution in [0.15, 0.2) is 0 Å². The van der Waals surface area contributed by atoms with Gasteiger partial charge >= 0.3 is 0 Å². The highest BCUT2D eigenvalue weighted by Crippen LogP contribution is 2.26. The highest BCUT2D eigenvalue weighted by Gasteiger charge is 2.24. The maximum atomic E-state index is 5.99. The normalized spacial score (nSPS) is 12.0. The van der Waals surface area contributed by atoms with Crippen molar-refractivity contribution >= 4 is 11.6 Å². The van der Waals surface area contributed by atoms with Crippen LogP contribution in [0.4, 0.5) is 0 Å². The Morgan fingerprint density at radius 2 is 1.86 bits per heavy atom. The van der Waals surface area contributed by atoms with Gasteiger partial charge < -0.3 is 10.1 Å². The Kier molecular flexibility index (Phi) is 8.64. The molecule has 0 atom stereocenters. The molecule has 2 nitrogen and oxygen atoms in total. The lowest BCUT2D eigenvalue weighted by Crippen LogP contribution is -2.36. The first kappa shape index (κ1) is 14.2. The number of alkyl halides is 1. The van der Waals surface area contributed by atoms with Crippen LogP contribution < -0.4 is 5.32 Å². The SMILES string of the molecule is CCOCCNCC(CC)(CC)CCl. The fourth-order valence-corrected chi connectivity index (χ4v) is 1.85. The first-order chi connectivity index (χ1) is 6.74. The topological polar surface area (TPSA) is 21.3 Å². The quantitative estimate of drug-likeness (QED) is 0.478. The highest BCUT2D eigenvalue weighted by atomic mass is 35.5. The highest BCUT2D eigenvalue weighted by molar-refractivity contribution is 6.18. The Morgan fingerprint density at radius 3 is 2.29 bits per heavy atom. The molecule has 0 saturated carbocycles. The van der Waals surface area contributed by atoms with Crippen molar-refractivity contribution in [3.63, 3.8) is 0 Å². The standard InChI is InChI=1S/C11H24ClNO/c1-4-11(5-2,9-12)10-13-7-8-14-6-3/h13H,4-10H2,1-3H3. The minimum Gasteiger partial charge on any atom is -0.380 e. The van der Waals surface area contributed by atoms with Crippen molar-refractivity contribution in [2.24, 2.45) is 5.41 Å². The smallest absolute Gasteiger partial charge is 0.0590 e. The summed E-state index contributed by atoms with van der Waals surface area (Å²) in [5.41, 5.74) is 0.272. The molecule has 86 valence electrons. The van der Waals surface area contributed by atoms with Crippen LogP contribution in [-0.4, -0.2) is 32.2 Å². The molecule has 0 aliphatic carbocycles. The van der Waals surface area contributed by atoms with E-state index in [2.05, 4.69) is 19.2 Å². The Balaban J connectivity index is 3.61. The van der Waals surface area contributed by atoms with E-state index in [1.165, 1.54) is 0 Å². The molecule has 0 fully saturated rings.